The molecule has 0 aromatic heterocycles. The summed E-state index contributed by atoms with van der Waals surface area (Å²) in [4.78, 5) is 38.0. The van der Waals surface area contributed by atoms with Gasteiger partial charge in [0, 0.05) is 19.3 Å². The summed E-state index contributed by atoms with van der Waals surface area (Å²) >= 11 is 0. The molecule has 0 spiro atoms. The van der Waals surface area contributed by atoms with Crippen LogP contribution in [0.15, 0.2) is 146 Å². The van der Waals surface area contributed by atoms with Crippen molar-refractivity contribution in [3.05, 3.63) is 146 Å². The minimum atomic E-state index is -0.846. The molecule has 0 saturated carbocycles. The van der Waals surface area contributed by atoms with Crippen molar-refractivity contribution in [3.63, 3.8) is 0 Å². The second-order valence-electron chi connectivity index (χ2n) is 16.8. The molecule has 0 aromatic rings. The zero-order chi connectivity index (χ0) is 48.6. The summed E-state index contributed by atoms with van der Waals surface area (Å²) in [5, 5.41) is 0. The summed E-state index contributed by atoms with van der Waals surface area (Å²) < 4.78 is 16.7. The molecule has 0 amide bonds. The molecule has 1 unspecified atom stereocenters. The number of rotatable bonds is 45. The van der Waals surface area contributed by atoms with Crippen LogP contribution in [0.1, 0.15) is 201 Å². The standard InChI is InChI=1S/C61H94O6/c1-4-7-10-13-16-19-22-25-27-29-30-32-33-36-39-42-45-48-51-54-60(63)66-57-58(56-65-59(62)53-50-47-44-41-38-35-24-21-18-15-12-9-6-3)67-61(64)55-52-49-46-43-40-37-34-31-28-26-23-20-17-14-11-8-5-2/h7,9-10,12,15-16,18-19,21,24-28,30,32,34-35,37-38,41,43-44,46,58H,4-6,8,11,13-14,17,20,22-23,29,31,33,36,39-40,42,45,47-57H2,1-3H3/b10-7+,12-9+,18-15+,19-16+,24-21+,27-25+,28-26+,32-30+,37-34+,38-35+,44-41+,46-43+. The van der Waals surface area contributed by atoms with Gasteiger partial charge in [-0.3, -0.25) is 14.4 Å². The zero-order valence-electron chi connectivity index (χ0n) is 42.6. The maximum atomic E-state index is 12.8. The number of hydrogen-bond donors (Lipinski definition) is 0. The second kappa shape index (κ2) is 53.9. The van der Waals surface area contributed by atoms with Crippen LogP contribution < -0.4 is 0 Å². The van der Waals surface area contributed by atoms with Crippen LogP contribution in [0.4, 0.5) is 0 Å². The highest BCUT2D eigenvalue weighted by Crippen LogP contribution is 2.12. The van der Waals surface area contributed by atoms with Crippen molar-refractivity contribution < 1.29 is 28.6 Å². The third-order valence-corrected chi connectivity index (χ3v) is 10.4. The quantitative estimate of drug-likeness (QED) is 0.0199. The molecule has 0 heterocycles. The van der Waals surface area contributed by atoms with E-state index in [9.17, 15) is 14.4 Å². The van der Waals surface area contributed by atoms with Crippen LogP contribution in [0.2, 0.25) is 0 Å². The van der Waals surface area contributed by atoms with Crippen LogP contribution in [-0.4, -0.2) is 37.2 Å². The third-order valence-electron chi connectivity index (χ3n) is 10.4. The van der Waals surface area contributed by atoms with Gasteiger partial charge in [-0.15, -0.1) is 0 Å². The van der Waals surface area contributed by atoms with E-state index in [1.54, 1.807) is 0 Å². The van der Waals surface area contributed by atoms with Gasteiger partial charge in [-0.05, 0) is 103 Å². The first-order valence-corrected chi connectivity index (χ1v) is 26.4. The van der Waals surface area contributed by atoms with E-state index in [1.165, 1.54) is 57.8 Å². The summed E-state index contributed by atoms with van der Waals surface area (Å²) in [6.07, 6.45) is 77.0. The van der Waals surface area contributed by atoms with Gasteiger partial charge >= 0.3 is 17.9 Å². The molecule has 0 aliphatic heterocycles. The molecular weight excluding hydrogens is 829 g/mol. The Bertz CT molecular complexity index is 1530. The fraction of sp³-hybridized carbons (Fsp3) is 0.557. The Labute approximate surface area is 410 Å². The van der Waals surface area contributed by atoms with Crippen molar-refractivity contribution in [3.8, 4) is 0 Å². The Morgan fingerprint density at radius 2 is 0.672 bits per heavy atom. The Balaban J connectivity index is 4.59. The first kappa shape index (κ1) is 62.3. The summed E-state index contributed by atoms with van der Waals surface area (Å²) in [6, 6.07) is 0. The van der Waals surface area contributed by atoms with Gasteiger partial charge in [0.05, 0.1) is 0 Å². The molecule has 6 nitrogen and oxygen atoms in total. The number of unbranched alkanes of at least 4 members (excludes halogenated alkanes) is 14. The van der Waals surface area contributed by atoms with Crippen LogP contribution in [0, 0.1) is 0 Å². The molecule has 0 fully saturated rings. The fourth-order valence-corrected chi connectivity index (χ4v) is 6.54. The molecule has 6 heteroatoms. The van der Waals surface area contributed by atoms with Gasteiger partial charge in [-0.2, -0.15) is 0 Å². The van der Waals surface area contributed by atoms with Gasteiger partial charge in [-0.1, -0.05) is 224 Å². The number of carbonyl (C=O) groups is 3. The number of allylic oxidation sites excluding steroid dienone is 24. The third kappa shape index (κ3) is 52.1. The Morgan fingerprint density at radius 3 is 1.15 bits per heavy atom. The SMILES string of the molecule is CC/C=C/C=C/C=C/C=C/C=C/CCCC(=O)OCC(COC(=O)CCCCCCCC/C=C/C/C=C/C/C=C/C/C=C/CC)OC(=O)CCC/C=C/C/C=C/C/C=C/CCCCCCCC. The lowest BCUT2D eigenvalue weighted by atomic mass is 10.1. The number of hydrogen-bond acceptors (Lipinski definition) is 6. The second-order valence-corrected chi connectivity index (χ2v) is 16.8. The van der Waals surface area contributed by atoms with Crippen molar-refractivity contribution in [2.75, 3.05) is 13.2 Å². The van der Waals surface area contributed by atoms with E-state index in [2.05, 4.69) is 112 Å². The van der Waals surface area contributed by atoms with Gasteiger partial charge in [0.25, 0.3) is 0 Å². The van der Waals surface area contributed by atoms with Gasteiger partial charge in [-0.25, -0.2) is 0 Å². The lowest BCUT2D eigenvalue weighted by molar-refractivity contribution is -0.167. The average Bonchev–Trinajstić information content (AvgIpc) is 3.33. The van der Waals surface area contributed by atoms with E-state index in [0.29, 0.717) is 19.3 Å². The first-order chi connectivity index (χ1) is 33.0. The van der Waals surface area contributed by atoms with E-state index >= 15 is 0 Å². The molecule has 0 aliphatic rings. The molecule has 1 atom stereocenters. The predicted molar refractivity (Wildman–Crippen MR) is 288 cm³/mol. The molecule has 0 rings (SSSR count). The zero-order valence-corrected chi connectivity index (χ0v) is 42.6. The normalized spacial score (nSPS) is 13.3. The van der Waals surface area contributed by atoms with Crippen molar-refractivity contribution in [1.29, 1.82) is 0 Å². The lowest BCUT2D eigenvalue weighted by Gasteiger charge is -2.18. The van der Waals surface area contributed by atoms with Crippen LogP contribution >= 0.6 is 0 Å². The summed E-state index contributed by atoms with van der Waals surface area (Å²) in [6.45, 7) is 6.23. The Morgan fingerprint density at radius 1 is 0.328 bits per heavy atom. The lowest BCUT2D eigenvalue weighted by Crippen LogP contribution is -2.30. The first-order valence-electron chi connectivity index (χ1n) is 26.4. The smallest absolute Gasteiger partial charge is 0.306 e. The highest BCUT2D eigenvalue weighted by molar-refractivity contribution is 5.71. The molecule has 0 N–H and O–H groups in total. The highest BCUT2D eigenvalue weighted by atomic mass is 16.6. The maximum absolute atomic E-state index is 12.8. The van der Waals surface area contributed by atoms with Gasteiger partial charge in [0.15, 0.2) is 6.10 Å². The molecule has 374 valence electrons. The van der Waals surface area contributed by atoms with Crippen LogP contribution in [0.5, 0.6) is 0 Å². The van der Waals surface area contributed by atoms with Crippen molar-refractivity contribution in [1.82, 2.24) is 0 Å². The molecule has 0 bridgehead atoms. The minimum absolute atomic E-state index is 0.135. The molecular formula is C61H94O6. The molecule has 0 aliphatic carbocycles. The fourth-order valence-electron chi connectivity index (χ4n) is 6.54. The molecule has 0 radical (unpaired) electrons. The van der Waals surface area contributed by atoms with E-state index < -0.39 is 12.1 Å². The monoisotopic (exact) mass is 923 g/mol. The molecule has 0 saturated heterocycles. The summed E-state index contributed by atoms with van der Waals surface area (Å²) in [5.41, 5.74) is 0. The molecule has 0 aromatic carbocycles. The predicted octanol–water partition coefficient (Wildman–Crippen LogP) is 17.6. The van der Waals surface area contributed by atoms with E-state index in [1.807, 2.05) is 54.7 Å². The number of carbonyl (C=O) groups excluding carboxylic acids is 3. The highest BCUT2D eigenvalue weighted by Gasteiger charge is 2.19. The van der Waals surface area contributed by atoms with Crippen LogP contribution in [0.25, 0.3) is 0 Å². The van der Waals surface area contributed by atoms with E-state index in [0.717, 1.165) is 89.9 Å². The van der Waals surface area contributed by atoms with E-state index in [-0.39, 0.29) is 38.0 Å². The minimum Gasteiger partial charge on any atom is -0.462 e. The van der Waals surface area contributed by atoms with Gasteiger partial charge in [0.2, 0.25) is 0 Å². The Hall–Kier alpha value is -4.71. The van der Waals surface area contributed by atoms with Gasteiger partial charge in [0.1, 0.15) is 13.2 Å². The van der Waals surface area contributed by atoms with E-state index in [4.69, 9.17) is 14.2 Å². The average molecular weight is 923 g/mol. The van der Waals surface area contributed by atoms with Crippen LogP contribution in [-0.2, 0) is 28.6 Å². The van der Waals surface area contributed by atoms with Crippen molar-refractivity contribution in [2.24, 2.45) is 0 Å². The summed E-state index contributed by atoms with van der Waals surface area (Å²) in [7, 11) is 0. The van der Waals surface area contributed by atoms with Crippen LogP contribution in [0.3, 0.4) is 0 Å². The largest absolute Gasteiger partial charge is 0.462 e. The van der Waals surface area contributed by atoms with Crippen molar-refractivity contribution >= 4 is 17.9 Å². The number of ether oxygens (including phenoxy) is 3. The Kier molecular flexibility index (Phi) is 50.1. The van der Waals surface area contributed by atoms with Gasteiger partial charge < -0.3 is 14.2 Å². The topological polar surface area (TPSA) is 78.9 Å². The maximum Gasteiger partial charge on any atom is 0.306 e. The molecule has 67 heavy (non-hydrogen) atoms. The number of esters is 3. The van der Waals surface area contributed by atoms with Crippen molar-refractivity contribution in [2.45, 2.75) is 207 Å². The summed E-state index contributed by atoms with van der Waals surface area (Å²) in [5.74, 6) is -1.09.